The fraction of sp³-hybridized carbons (Fsp3) is 0.375. The van der Waals surface area contributed by atoms with E-state index in [1.807, 2.05) is 37.8 Å². The highest BCUT2D eigenvalue weighted by Gasteiger charge is 2.10. The second-order valence-corrected chi connectivity index (χ2v) is 7.97. The lowest BCUT2D eigenvalue weighted by Gasteiger charge is -2.13. The van der Waals surface area contributed by atoms with E-state index in [9.17, 15) is 0 Å². The second-order valence-electron chi connectivity index (χ2n) is 5.64. The SMILES string of the molecule is CC(=Nc1ccc(C)cc1O[SiH](C)C)c1cn(C)nc1C.[H+]. The highest BCUT2D eigenvalue weighted by Crippen LogP contribution is 2.30. The van der Waals surface area contributed by atoms with Crippen LogP contribution in [0.3, 0.4) is 0 Å². The van der Waals surface area contributed by atoms with Gasteiger partial charge in [0.25, 0.3) is 0 Å². The molecule has 112 valence electrons. The predicted molar refractivity (Wildman–Crippen MR) is 91.6 cm³/mol. The van der Waals surface area contributed by atoms with Crippen molar-refractivity contribution in [3.8, 4) is 5.75 Å². The van der Waals surface area contributed by atoms with Crippen LogP contribution in [0.4, 0.5) is 5.69 Å². The molecule has 0 fully saturated rings. The molecule has 0 spiro atoms. The van der Waals surface area contributed by atoms with Gasteiger partial charge in [-0.3, -0.25) is 4.68 Å². The zero-order valence-corrected chi connectivity index (χ0v) is 14.8. The fourth-order valence-electron chi connectivity index (χ4n) is 2.26. The van der Waals surface area contributed by atoms with Crippen molar-refractivity contribution in [2.24, 2.45) is 12.0 Å². The summed E-state index contributed by atoms with van der Waals surface area (Å²) < 4.78 is 7.83. The van der Waals surface area contributed by atoms with Crippen molar-refractivity contribution < 1.29 is 5.85 Å². The van der Waals surface area contributed by atoms with Gasteiger partial charge < -0.3 is 4.43 Å². The van der Waals surface area contributed by atoms with Gasteiger partial charge in [-0.15, -0.1) is 0 Å². The minimum Gasteiger partial charge on any atom is -0.546 e. The Bertz CT molecular complexity index is 680. The molecule has 1 aromatic heterocycles. The van der Waals surface area contributed by atoms with Gasteiger partial charge in [0.05, 0.1) is 5.69 Å². The van der Waals surface area contributed by atoms with Crippen LogP contribution in [0.2, 0.25) is 13.1 Å². The third-order valence-electron chi connectivity index (χ3n) is 3.17. The molecule has 21 heavy (non-hydrogen) atoms. The molecule has 5 heteroatoms. The molecule has 1 aromatic carbocycles. The largest absolute Gasteiger partial charge is 1.00 e. The molecule has 0 aliphatic heterocycles. The molecule has 0 aliphatic carbocycles. The zero-order valence-electron chi connectivity index (χ0n) is 14.6. The number of hydrogen-bond donors (Lipinski definition) is 0. The van der Waals surface area contributed by atoms with E-state index in [-0.39, 0.29) is 1.43 Å². The quantitative estimate of drug-likeness (QED) is 0.639. The lowest BCUT2D eigenvalue weighted by molar-refractivity contribution is 0.581. The first-order valence-corrected chi connectivity index (χ1v) is 9.98. The van der Waals surface area contributed by atoms with Crippen LogP contribution in [0, 0.1) is 13.8 Å². The van der Waals surface area contributed by atoms with Gasteiger partial charge in [-0.2, -0.15) is 5.10 Å². The van der Waals surface area contributed by atoms with E-state index in [0.29, 0.717) is 0 Å². The van der Waals surface area contributed by atoms with Gasteiger partial charge in [0.2, 0.25) is 9.04 Å². The van der Waals surface area contributed by atoms with Crippen LogP contribution < -0.4 is 4.43 Å². The van der Waals surface area contributed by atoms with Gasteiger partial charge in [0, 0.05) is 24.5 Å². The molecule has 0 aliphatic rings. The molecule has 2 aromatic rings. The lowest BCUT2D eigenvalue weighted by Crippen LogP contribution is -2.11. The van der Waals surface area contributed by atoms with E-state index in [4.69, 9.17) is 9.42 Å². The Morgan fingerprint density at radius 1 is 1.33 bits per heavy atom. The highest BCUT2D eigenvalue weighted by atomic mass is 28.3. The Balaban J connectivity index is 0.00000242. The van der Waals surface area contributed by atoms with Crippen molar-refractivity contribution in [1.82, 2.24) is 9.78 Å². The summed E-state index contributed by atoms with van der Waals surface area (Å²) in [5.74, 6) is 0.887. The maximum atomic E-state index is 6.01. The van der Waals surface area contributed by atoms with Crippen LogP contribution in [0.25, 0.3) is 0 Å². The van der Waals surface area contributed by atoms with E-state index in [1.54, 1.807) is 0 Å². The van der Waals surface area contributed by atoms with Gasteiger partial charge >= 0.3 is 1.43 Å². The number of benzene rings is 1. The first kappa shape index (κ1) is 15.5. The molecule has 0 saturated carbocycles. The number of nitrogens with zero attached hydrogens (tertiary/aromatic N) is 3. The summed E-state index contributed by atoms with van der Waals surface area (Å²) in [6.45, 7) is 10.4. The van der Waals surface area contributed by atoms with E-state index in [1.165, 1.54) is 5.56 Å². The number of aryl methyl sites for hydroxylation is 3. The van der Waals surface area contributed by atoms with E-state index in [0.717, 1.165) is 28.4 Å². The smallest absolute Gasteiger partial charge is 0.546 e. The second kappa shape index (κ2) is 6.26. The Morgan fingerprint density at radius 3 is 2.62 bits per heavy atom. The predicted octanol–water partition coefficient (Wildman–Crippen LogP) is 3.65. The van der Waals surface area contributed by atoms with Crippen molar-refractivity contribution in [1.29, 1.82) is 0 Å². The summed E-state index contributed by atoms with van der Waals surface area (Å²) in [5.41, 5.74) is 5.11. The Hall–Kier alpha value is -1.88. The van der Waals surface area contributed by atoms with Gasteiger partial charge in [-0.1, -0.05) is 6.07 Å². The maximum Gasteiger partial charge on any atom is 1.00 e. The Morgan fingerprint density at radius 2 is 2.05 bits per heavy atom. The summed E-state index contributed by atoms with van der Waals surface area (Å²) in [4.78, 5) is 4.76. The van der Waals surface area contributed by atoms with Crippen molar-refractivity contribution >= 4 is 20.4 Å². The van der Waals surface area contributed by atoms with Crippen molar-refractivity contribution in [2.75, 3.05) is 0 Å². The molecule has 4 nitrogen and oxygen atoms in total. The zero-order chi connectivity index (χ0) is 15.6. The van der Waals surface area contributed by atoms with Crippen LogP contribution in [-0.2, 0) is 7.05 Å². The van der Waals surface area contributed by atoms with Crippen molar-refractivity contribution in [2.45, 2.75) is 33.9 Å². The average molecular weight is 302 g/mol. The first-order valence-electron chi connectivity index (χ1n) is 7.20. The van der Waals surface area contributed by atoms with Gasteiger partial charge in [0.1, 0.15) is 11.4 Å². The summed E-state index contributed by atoms with van der Waals surface area (Å²) in [5, 5.41) is 4.37. The molecule has 0 amide bonds. The monoisotopic (exact) mass is 302 g/mol. The molecule has 0 radical (unpaired) electrons. The molecule has 1 heterocycles. The summed E-state index contributed by atoms with van der Waals surface area (Å²) >= 11 is 0. The summed E-state index contributed by atoms with van der Waals surface area (Å²) in [7, 11) is 0.769. The number of aromatic nitrogens is 2. The molecular formula is C16H24N3OSi+. The molecular weight excluding hydrogens is 278 g/mol. The molecule has 0 unspecified atom stereocenters. The Labute approximate surface area is 129 Å². The van der Waals surface area contributed by atoms with E-state index in [2.05, 4.69) is 37.2 Å². The molecule has 2 rings (SSSR count). The lowest BCUT2D eigenvalue weighted by atomic mass is 10.1. The van der Waals surface area contributed by atoms with Crippen LogP contribution in [0.1, 0.15) is 25.2 Å². The highest BCUT2D eigenvalue weighted by molar-refractivity contribution is 6.49. The number of aliphatic imine (C=N–C) groups is 1. The topological polar surface area (TPSA) is 39.4 Å². The van der Waals surface area contributed by atoms with Gasteiger partial charge in [-0.25, -0.2) is 4.99 Å². The van der Waals surface area contributed by atoms with Gasteiger partial charge in [-0.05, 0) is 51.6 Å². The summed E-state index contributed by atoms with van der Waals surface area (Å²) in [6.07, 6.45) is 2.00. The van der Waals surface area contributed by atoms with Crippen LogP contribution in [0.15, 0.2) is 29.4 Å². The third-order valence-corrected chi connectivity index (χ3v) is 3.89. The van der Waals surface area contributed by atoms with Crippen LogP contribution in [0.5, 0.6) is 5.75 Å². The molecule has 0 saturated heterocycles. The average Bonchev–Trinajstić information content (AvgIpc) is 2.71. The maximum absolute atomic E-state index is 6.01. The number of rotatable bonds is 4. The molecule has 0 atom stereocenters. The van der Waals surface area contributed by atoms with E-state index >= 15 is 0 Å². The minimum atomic E-state index is -1.16. The van der Waals surface area contributed by atoms with Gasteiger partial charge in [0.15, 0.2) is 0 Å². The first-order chi connectivity index (χ1) is 9.86. The minimum absolute atomic E-state index is 0. The molecule has 0 bridgehead atoms. The third kappa shape index (κ3) is 3.82. The fourth-order valence-corrected chi connectivity index (χ4v) is 2.95. The number of hydrogen-bond acceptors (Lipinski definition) is 3. The van der Waals surface area contributed by atoms with E-state index < -0.39 is 9.04 Å². The standard InChI is InChI=1S/C16H23N3OSi/c1-11-7-8-15(16(9-11)20-21(5)6)17-12(2)14-10-19(4)18-13(14)3/h7-10,21H,1-6H3/p+1. The van der Waals surface area contributed by atoms with Crippen molar-refractivity contribution in [3.05, 3.63) is 41.2 Å². The molecule has 0 N–H and O–H groups in total. The Kier molecular flexibility index (Phi) is 4.62. The van der Waals surface area contributed by atoms with Crippen LogP contribution >= 0.6 is 0 Å². The van der Waals surface area contributed by atoms with Crippen LogP contribution in [-0.4, -0.2) is 24.5 Å². The normalized spacial score (nSPS) is 12.0. The summed E-state index contributed by atoms with van der Waals surface area (Å²) in [6, 6.07) is 6.16. The van der Waals surface area contributed by atoms with Crippen molar-refractivity contribution in [3.63, 3.8) is 0 Å².